The van der Waals surface area contributed by atoms with Crippen LogP contribution in [-0.4, -0.2) is 40.6 Å². The molecule has 0 aromatic carbocycles. The topological polar surface area (TPSA) is 97.8 Å². The Labute approximate surface area is 127 Å². The first-order chi connectivity index (χ1) is 9.75. The van der Waals surface area contributed by atoms with Gasteiger partial charge in [0.25, 0.3) is 10.0 Å². The second-order valence-electron chi connectivity index (χ2n) is 4.75. The lowest BCUT2D eigenvalue weighted by molar-refractivity contribution is -0.118. The second kappa shape index (κ2) is 5.63. The summed E-state index contributed by atoms with van der Waals surface area (Å²) in [5.74, 6) is -0.739. The number of aromatic nitrogens is 2. The monoisotopic (exact) mass is 330 g/mol. The Morgan fingerprint density at radius 3 is 2.71 bits per heavy atom. The van der Waals surface area contributed by atoms with Gasteiger partial charge in [-0.2, -0.15) is 4.31 Å². The van der Waals surface area contributed by atoms with Crippen molar-refractivity contribution in [1.29, 1.82) is 0 Å². The highest BCUT2D eigenvalue weighted by molar-refractivity contribution is 7.89. The van der Waals surface area contributed by atoms with E-state index in [0.717, 1.165) is 4.31 Å². The third-order valence-corrected chi connectivity index (χ3v) is 5.31. The van der Waals surface area contributed by atoms with Gasteiger partial charge in [-0.3, -0.25) is 9.20 Å². The number of pyridine rings is 1. The second-order valence-corrected chi connectivity index (χ2v) is 6.91. The fraction of sp³-hybridized carbons (Fsp3) is 0.333. The Kier molecular flexibility index (Phi) is 4.22. The first kappa shape index (κ1) is 15.7. The molecule has 0 fully saturated rings. The fourth-order valence-corrected chi connectivity index (χ4v) is 4.19. The molecule has 2 rings (SSSR count). The van der Waals surface area contributed by atoms with E-state index in [4.69, 9.17) is 17.3 Å². The van der Waals surface area contributed by atoms with Gasteiger partial charge >= 0.3 is 0 Å². The summed E-state index contributed by atoms with van der Waals surface area (Å²) in [7, 11) is -4.01. The average molecular weight is 331 g/mol. The average Bonchev–Trinajstić information content (AvgIpc) is 2.71. The molecule has 7 nitrogen and oxygen atoms in total. The van der Waals surface area contributed by atoms with Crippen LogP contribution in [0.2, 0.25) is 5.15 Å². The number of sulfonamides is 1. The number of nitrogens with zero attached hydrogens (tertiary/aromatic N) is 3. The van der Waals surface area contributed by atoms with E-state index in [1.54, 1.807) is 38.2 Å². The van der Waals surface area contributed by atoms with E-state index in [1.807, 2.05) is 0 Å². The molecule has 0 aliphatic rings. The van der Waals surface area contributed by atoms with Crippen LogP contribution in [0.25, 0.3) is 5.65 Å². The van der Waals surface area contributed by atoms with Gasteiger partial charge in [-0.1, -0.05) is 17.7 Å². The fourth-order valence-electron chi connectivity index (χ4n) is 1.99. The molecule has 21 heavy (non-hydrogen) atoms. The number of imidazole rings is 1. The summed E-state index contributed by atoms with van der Waals surface area (Å²) in [6, 6.07) is 4.57. The highest BCUT2D eigenvalue weighted by atomic mass is 35.5. The molecule has 2 heterocycles. The van der Waals surface area contributed by atoms with E-state index in [2.05, 4.69) is 4.98 Å². The Morgan fingerprint density at radius 1 is 1.48 bits per heavy atom. The number of primary amides is 1. The molecule has 0 bridgehead atoms. The van der Waals surface area contributed by atoms with Crippen LogP contribution >= 0.6 is 11.6 Å². The molecular weight excluding hydrogens is 316 g/mol. The molecule has 0 spiro atoms. The Balaban J connectivity index is 2.65. The van der Waals surface area contributed by atoms with Gasteiger partial charge in [-0.05, 0) is 26.0 Å². The van der Waals surface area contributed by atoms with E-state index in [-0.39, 0.29) is 10.2 Å². The molecule has 0 saturated carbocycles. The SMILES string of the molecule is CC(C)N(CC(N)=O)S(=O)(=O)c1c(Cl)nc2ccccn12. The van der Waals surface area contributed by atoms with Crippen molar-refractivity contribution in [3.8, 4) is 0 Å². The number of fused-ring (bicyclic) bond motifs is 1. The molecule has 0 aliphatic heterocycles. The minimum absolute atomic E-state index is 0.142. The summed E-state index contributed by atoms with van der Waals surface area (Å²) < 4.78 is 27.9. The maximum atomic E-state index is 12.8. The molecule has 2 aromatic rings. The zero-order chi connectivity index (χ0) is 15.8. The number of hydrogen-bond acceptors (Lipinski definition) is 4. The molecule has 9 heteroatoms. The number of rotatable bonds is 5. The van der Waals surface area contributed by atoms with Crippen molar-refractivity contribution < 1.29 is 13.2 Å². The van der Waals surface area contributed by atoms with Crippen LogP contribution in [0, 0.1) is 0 Å². The number of nitrogens with two attached hydrogens (primary N) is 1. The van der Waals surface area contributed by atoms with Crippen molar-refractivity contribution in [2.45, 2.75) is 24.9 Å². The molecule has 114 valence electrons. The quantitative estimate of drug-likeness (QED) is 0.879. The highest BCUT2D eigenvalue weighted by Gasteiger charge is 2.33. The standard InChI is InChI=1S/C12H15ClN4O3S/c1-8(2)17(7-9(14)18)21(19,20)12-11(13)15-10-5-3-4-6-16(10)12/h3-6,8H,7H2,1-2H3,(H2,14,18). The van der Waals surface area contributed by atoms with Crippen LogP contribution in [0.15, 0.2) is 29.4 Å². The van der Waals surface area contributed by atoms with Gasteiger partial charge in [0.1, 0.15) is 5.65 Å². The molecule has 0 unspecified atom stereocenters. The van der Waals surface area contributed by atoms with Crippen molar-refractivity contribution in [1.82, 2.24) is 13.7 Å². The van der Waals surface area contributed by atoms with Gasteiger partial charge < -0.3 is 5.73 Å². The molecule has 0 saturated heterocycles. The lowest BCUT2D eigenvalue weighted by atomic mass is 10.4. The zero-order valence-electron chi connectivity index (χ0n) is 11.5. The molecule has 2 N–H and O–H groups in total. The number of carbonyl (C=O) groups excluding carboxylic acids is 1. The van der Waals surface area contributed by atoms with Crippen LogP contribution in [0.5, 0.6) is 0 Å². The smallest absolute Gasteiger partial charge is 0.262 e. The van der Waals surface area contributed by atoms with Crippen molar-refractivity contribution >= 4 is 33.2 Å². The van der Waals surface area contributed by atoms with Crippen molar-refractivity contribution in [3.05, 3.63) is 29.5 Å². The van der Waals surface area contributed by atoms with Crippen molar-refractivity contribution in [3.63, 3.8) is 0 Å². The van der Waals surface area contributed by atoms with Gasteiger partial charge in [0, 0.05) is 12.2 Å². The largest absolute Gasteiger partial charge is 0.369 e. The third-order valence-electron chi connectivity index (χ3n) is 2.89. The van der Waals surface area contributed by atoms with Crippen molar-refractivity contribution in [2.75, 3.05) is 6.54 Å². The maximum absolute atomic E-state index is 12.8. The first-order valence-electron chi connectivity index (χ1n) is 6.18. The summed E-state index contributed by atoms with van der Waals surface area (Å²) in [5, 5.41) is -0.314. The van der Waals surface area contributed by atoms with Gasteiger partial charge in [-0.25, -0.2) is 13.4 Å². The molecule has 1 amide bonds. The molecule has 0 atom stereocenters. The van der Waals surface area contributed by atoms with Crippen LogP contribution in [-0.2, 0) is 14.8 Å². The zero-order valence-corrected chi connectivity index (χ0v) is 13.1. The summed E-state index contributed by atoms with van der Waals surface area (Å²) in [5.41, 5.74) is 5.54. The van der Waals surface area contributed by atoms with Crippen molar-refractivity contribution in [2.24, 2.45) is 5.73 Å². The molecule has 0 radical (unpaired) electrons. The van der Waals surface area contributed by atoms with Crippen LogP contribution in [0.4, 0.5) is 0 Å². The van der Waals surface area contributed by atoms with Gasteiger partial charge in [0.05, 0.1) is 6.54 Å². The molecule has 0 aliphatic carbocycles. The van der Waals surface area contributed by atoms with Crippen LogP contribution in [0.3, 0.4) is 0 Å². The highest BCUT2D eigenvalue weighted by Crippen LogP contribution is 2.26. The number of carbonyl (C=O) groups is 1. The lowest BCUT2D eigenvalue weighted by Gasteiger charge is -2.24. The van der Waals surface area contributed by atoms with Gasteiger partial charge in [-0.15, -0.1) is 0 Å². The third kappa shape index (κ3) is 2.87. The number of amides is 1. The van der Waals surface area contributed by atoms with E-state index >= 15 is 0 Å². The Bertz CT molecular complexity index is 785. The minimum atomic E-state index is -4.01. The molecule has 2 aromatic heterocycles. The minimum Gasteiger partial charge on any atom is -0.369 e. The first-order valence-corrected chi connectivity index (χ1v) is 7.99. The predicted molar refractivity (Wildman–Crippen MR) is 78.4 cm³/mol. The summed E-state index contributed by atoms with van der Waals surface area (Å²) in [4.78, 5) is 15.1. The van der Waals surface area contributed by atoms with Crippen LogP contribution in [0.1, 0.15) is 13.8 Å². The number of hydrogen-bond donors (Lipinski definition) is 1. The Morgan fingerprint density at radius 2 is 2.14 bits per heavy atom. The van der Waals surface area contributed by atoms with Gasteiger partial charge in [0.15, 0.2) is 10.2 Å². The normalized spacial score (nSPS) is 12.4. The van der Waals surface area contributed by atoms with Crippen LogP contribution < -0.4 is 5.73 Å². The van der Waals surface area contributed by atoms with E-state index in [1.165, 1.54) is 4.40 Å². The van der Waals surface area contributed by atoms with Gasteiger partial charge in [0.2, 0.25) is 5.91 Å². The van der Waals surface area contributed by atoms with E-state index in [0.29, 0.717) is 5.65 Å². The predicted octanol–water partition coefficient (Wildman–Crippen LogP) is 0.872. The van der Waals surface area contributed by atoms with E-state index < -0.39 is 28.5 Å². The summed E-state index contributed by atoms with van der Waals surface area (Å²) in [6.45, 7) is 2.88. The Hall–Kier alpha value is -1.64. The molecular formula is C12H15ClN4O3S. The lowest BCUT2D eigenvalue weighted by Crippen LogP contribution is -2.43. The number of halogens is 1. The maximum Gasteiger partial charge on any atom is 0.262 e. The summed E-state index contributed by atoms with van der Waals surface area (Å²) >= 11 is 5.98. The summed E-state index contributed by atoms with van der Waals surface area (Å²) in [6.07, 6.45) is 1.55. The van der Waals surface area contributed by atoms with E-state index in [9.17, 15) is 13.2 Å².